The van der Waals surface area contributed by atoms with Crippen LogP contribution in [0.4, 0.5) is 0 Å². The summed E-state index contributed by atoms with van der Waals surface area (Å²) >= 11 is 5.76. The van der Waals surface area contributed by atoms with Crippen molar-refractivity contribution < 1.29 is 14.6 Å². The average Bonchev–Trinajstić information content (AvgIpc) is 2.36. The number of rotatable bonds is 8. The van der Waals surface area contributed by atoms with Gasteiger partial charge >= 0.3 is 0 Å². The number of methoxy groups -OCH3 is 1. The number of benzene rings is 1. The summed E-state index contributed by atoms with van der Waals surface area (Å²) in [6, 6.07) is 7.26. The number of halogens is 1. The van der Waals surface area contributed by atoms with Crippen molar-refractivity contribution in [2.45, 2.75) is 19.1 Å². The molecule has 0 aliphatic carbocycles. The zero-order valence-electron chi connectivity index (χ0n) is 10.7. The monoisotopic (exact) mass is 273 g/mol. The molecule has 2 N–H and O–H groups in total. The van der Waals surface area contributed by atoms with Crippen LogP contribution in [-0.2, 0) is 4.74 Å². The van der Waals surface area contributed by atoms with Gasteiger partial charge in [0.05, 0.1) is 6.61 Å². The Bertz CT molecular complexity index is 332. The molecule has 5 heteroatoms. The maximum atomic E-state index is 9.73. The van der Waals surface area contributed by atoms with E-state index in [1.807, 2.05) is 6.92 Å². The highest BCUT2D eigenvalue weighted by atomic mass is 35.5. The van der Waals surface area contributed by atoms with Crippen molar-refractivity contribution in [3.63, 3.8) is 0 Å². The van der Waals surface area contributed by atoms with Crippen molar-refractivity contribution in [1.82, 2.24) is 5.32 Å². The normalized spacial score (nSPS) is 14.2. The van der Waals surface area contributed by atoms with Gasteiger partial charge < -0.3 is 19.9 Å². The molecule has 0 saturated heterocycles. The lowest BCUT2D eigenvalue weighted by molar-refractivity contribution is 0.0973. The zero-order chi connectivity index (χ0) is 13.4. The van der Waals surface area contributed by atoms with Crippen LogP contribution in [0.3, 0.4) is 0 Å². The van der Waals surface area contributed by atoms with E-state index < -0.39 is 6.10 Å². The summed E-state index contributed by atoms with van der Waals surface area (Å²) in [5.74, 6) is 0.698. The largest absolute Gasteiger partial charge is 0.491 e. The third kappa shape index (κ3) is 6.21. The molecule has 0 aliphatic rings. The SMILES string of the molecule is COCC(C)NCC(O)COc1ccc(Cl)cc1. The van der Waals surface area contributed by atoms with Gasteiger partial charge in [0.1, 0.15) is 18.5 Å². The third-order valence-corrected chi connectivity index (χ3v) is 2.63. The second-order valence-electron chi connectivity index (χ2n) is 4.18. The van der Waals surface area contributed by atoms with Gasteiger partial charge in [-0.2, -0.15) is 0 Å². The summed E-state index contributed by atoms with van der Waals surface area (Å²) in [6.45, 7) is 3.33. The van der Waals surface area contributed by atoms with Crippen LogP contribution in [0, 0.1) is 0 Å². The first kappa shape index (κ1) is 15.2. The Kier molecular flexibility index (Phi) is 7.05. The van der Waals surface area contributed by atoms with E-state index in [4.69, 9.17) is 21.1 Å². The van der Waals surface area contributed by atoms with Gasteiger partial charge in [0, 0.05) is 24.7 Å². The summed E-state index contributed by atoms with van der Waals surface area (Å²) < 4.78 is 10.4. The predicted octanol–water partition coefficient (Wildman–Crippen LogP) is 1.70. The molecule has 0 bridgehead atoms. The van der Waals surface area contributed by atoms with Crippen LogP contribution in [0.25, 0.3) is 0 Å². The van der Waals surface area contributed by atoms with Crippen LogP contribution < -0.4 is 10.1 Å². The number of aliphatic hydroxyl groups excluding tert-OH is 1. The van der Waals surface area contributed by atoms with E-state index in [9.17, 15) is 5.11 Å². The van der Waals surface area contributed by atoms with E-state index >= 15 is 0 Å². The summed E-state index contributed by atoms with van der Waals surface area (Å²) in [7, 11) is 1.65. The lowest BCUT2D eigenvalue weighted by Crippen LogP contribution is -2.38. The van der Waals surface area contributed by atoms with Crippen LogP contribution in [0.2, 0.25) is 5.02 Å². The van der Waals surface area contributed by atoms with Crippen LogP contribution in [0.1, 0.15) is 6.92 Å². The van der Waals surface area contributed by atoms with Crippen molar-refractivity contribution in [3.05, 3.63) is 29.3 Å². The first-order valence-corrected chi connectivity index (χ1v) is 6.28. The molecule has 0 aliphatic heterocycles. The summed E-state index contributed by atoms with van der Waals surface area (Å²) in [4.78, 5) is 0. The van der Waals surface area contributed by atoms with Crippen LogP contribution in [0.5, 0.6) is 5.75 Å². The Labute approximate surface area is 113 Å². The van der Waals surface area contributed by atoms with E-state index in [0.29, 0.717) is 23.9 Å². The number of hydrogen-bond donors (Lipinski definition) is 2. The zero-order valence-corrected chi connectivity index (χ0v) is 11.5. The van der Waals surface area contributed by atoms with Gasteiger partial charge in [0.2, 0.25) is 0 Å². The molecule has 0 saturated carbocycles. The second-order valence-corrected chi connectivity index (χ2v) is 4.62. The molecule has 0 radical (unpaired) electrons. The van der Waals surface area contributed by atoms with Crippen molar-refractivity contribution in [2.75, 3.05) is 26.9 Å². The maximum absolute atomic E-state index is 9.73. The second kappa shape index (κ2) is 8.32. The number of ether oxygens (including phenoxy) is 2. The molecule has 18 heavy (non-hydrogen) atoms. The minimum atomic E-state index is -0.556. The minimum absolute atomic E-state index is 0.209. The van der Waals surface area contributed by atoms with Crippen LogP contribution >= 0.6 is 11.6 Å². The van der Waals surface area contributed by atoms with Crippen molar-refractivity contribution in [1.29, 1.82) is 0 Å². The molecule has 1 aromatic carbocycles. The standard InChI is InChI=1S/C13H20ClNO3/c1-10(8-17-2)15-7-12(16)9-18-13-5-3-11(14)4-6-13/h3-6,10,12,15-16H,7-9H2,1-2H3. The van der Waals surface area contributed by atoms with E-state index in [2.05, 4.69) is 5.32 Å². The lowest BCUT2D eigenvalue weighted by atomic mass is 10.3. The number of nitrogens with one attached hydrogen (secondary N) is 1. The van der Waals surface area contributed by atoms with Gasteiger partial charge in [-0.15, -0.1) is 0 Å². The fourth-order valence-corrected chi connectivity index (χ4v) is 1.55. The van der Waals surface area contributed by atoms with Gasteiger partial charge in [-0.05, 0) is 31.2 Å². The molecule has 0 spiro atoms. The fraction of sp³-hybridized carbons (Fsp3) is 0.538. The van der Waals surface area contributed by atoms with E-state index in [-0.39, 0.29) is 12.6 Å². The molecular formula is C13H20ClNO3. The topological polar surface area (TPSA) is 50.7 Å². The first-order valence-electron chi connectivity index (χ1n) is 5.90. The molecule has 1 rings (SSSR count). The highest BCUT2D eigenvalue weighted by molar-refractivity contribution is 6.30. The number of aliphatic hydroxyl groups is 1. The highest BCUT2D eigenvalue weighted by Crippen LogP contribution is 2.15. The molecule has 4 nitrogen and oxygen atoms in total. The van der Waals surface area contributed by atoms with E-state index in [0.717, 1.165) is 0 Å². The molecule has 2 atom stereocenters. The first-order chi connectivity index (χ1) is 8.61. The van der Waals surface area contributed by atoms with Gasteiger partial charge in [-0.3, -0.25) is 0 Å². The molecule has 0 heterocycles. The summed E-state index contributed by atoms with van der Waals surface area (Å²) in [6.07, 6.45) is -0.556. The molecule has 0 aromatic heterocycles. The Morgan fingerprint density at radius 2 is 1.94 bits per heavy atom. The van der Waals surface area contributed by atoms with Crippen molar-refractivity contribution in [3.8, 4) is 5.75 Å². The summed E-state index contributed by atoms with van der Waals surface area (Å²) in [5.41, 5.74) is 0. The third-order valence-electron chi connectivity index (χ3n) is 2.37. The van der Waals surface area contributed by atoms with Crippen molar-refractivity contribution in [2.24, 2.45) is 0 Å². The highest BCUT2D eigenvalue weighted by Gasteiger charge is 2.07. The van der Waals surface area contributed by atoms with Gasteiger partial charge in [0.25, 0.3) is 0 Å². The minimum Gasteiger partial charge on any atom is -0.491 e. The molecule has 2 unspecified atom stereocenters. The Balaban J connectivity index is 2.20. The molecule has 1 aromatic rings. The van der Waals surface area contributed by atoms with Crippen LogP contribution in [-0.4, -0.2) is 44.1 Å². The predicted molar refractivity (Wildman–Crippen MR) is 72.3 cm³/mol. The molecule has 102 valence electrons. The van der Waals surface area contributed by atoms with E-state index in [1.54, 1.807) is 31.4 Å². The summed E-state index contributed by atoms with van der Waals surface area (Å²) in [5, 5.41) is 13.5. The van der Waals surface area contributed by atoms with E-state index in [1.165, 1.54) is 0 Å². The smallest absolute Gasteiger partial charge is 0.119 e. The quantitative estimate of drug-likeness (QED) is 0.757. The average molecular weight is 274 g/mol. The van der Waals surface area contributed by atoms with Gasteiger partial charge in [-0.25, -0.2) is 0 Å². The lowest BCUT2D eigenvalue weighted by Gasteiger charge is -2.17. The van der Waals surface area contributed by atoms with Gasteiger partial charge in [0.15, 0.2) is 0 Å². The van der Waals surface area contributed by atoms with Gasteiger partial charge in [-0.1, -0.05) is 11.6 Å². The molecular weight excluding hydrogens is 254 g/mol. The Morgan fingerprint density at radius 1 is 1.28 bits per heavy atom. The maximum Gasteiger partial charge on any atom is 0.119 e. The van der Waals surface area contributed by atoms with Crippen molar-refractivity contribution >= 4 is 11.6 Å². The fourth-order valence-electron chi connectivity index (χ4n) is 1.43. The Morgan fingerprint density at radius 3 is 2.56 bits per heavy atom. The van der Waals surface area contributed by atoms with Crippen LogP contribution in [0.15, 0.2) is 24.3 Å². The molecule has 0 amide bonds. The Hall–Kier alpha value is -0.810. The number of hydrogen-bond acceptors (Lipinski definition) is 4. The molecule has 0 fully saturated rings.